The summed E-state index contributed by atoms with van der Waals surface area (Å²) in [6.45, 7) is -0.156. The number of sulfonamides is 1. The molecule has 0 aliphatic carbocycles. The largest absolute Gasteiger partial charge is 0.384 e. The lowest BCUT2D eigenvalue weighted by Gasteiger charge is -2.07. The molecule has 0 aliphatic rings. The van der Waals surface area contributed by atoms with Gasteiger partial charge >= 0.3 is 0 Å². The second-order valence-corrected chi connectivity index (χ2v) is 7.52. The Morgan fingerprint density at radius 3 is 2.67 bits per heavy atom. The van der Waals surface area contributed by atoms with Crippen LogP contribution in [0.25, 0.3) is 0 Å². The molecular weight excluding hydrogens is 330 g/mol. The van der Waals surface area contributed by atoms with E-state index in [0.29, 0.717) is 9.90 Å². The molecule has 0 unspecified atom stereocenters. The zero-order chi connectivity index (χ0) is 15.3. The van der Waals surface area contributed by atoms with E-state index in [1.807, 2.05) is 0 Å². The zero-order valence-electron chi connectivity index (χ0n) is 10.8. The first kappa shape index (κ1) is 16.0. The van der Waals surface area contributed by atoms with Crippen molar-refractivity contribution in [1.29, 1.82) is 0 Å². The molecule has 2 N–H and O–H groups in total. The number of nitrogens with one attached hydrogen (secondary N) is 1. The number of hydrogen-bond donors (Lipinski definition) is 2. The summed E-state index contributed by atoms with van der Waals surface area (Å²) in [5.41, 5.74) is 0.350. The zero-order valence-corrected chi connectivity index (χ0v) is 13.2. The molecule has 0 fully saturated rings. The highest BCUT2D eigenvalue weighted by atomic mass is 35.5. The van der Waals surface area contributed by atoms with Gasteiger partial charge in [-0.05, 0) is 24.3 Å². The molecule has 2 aromatic rings. The van der Waals surface area contributed by atoms with E-state index in [-0.39, 0.29) is 18.0 Å². The SMILES string of the molecule is O=S(=O)(NCc1ccc(Cl)s1)c1ccccc1C#CCO. The Balaban J connectivity index is 2.23. The molecule has 0 saturated carbocycles. The third-order valence-corrected chi connectivity index (χ3v) is 5.23. The third-order valence-electron chi connectivity index (χ3n) is 2.54. The Labute approximate surface area is 132 Å². The van der Waals surface area contributed by atoms with Crippen LogP contribution in [0.15, 0.2) is 41.3 Å². The van der Waals surface area contributed by atoms with Gasteiger partial charge < -0.3 is 5.11 Å². The van der Waals surface area contributed by atoms with Gasteiger partial charge in [-0.15, -0.1) is 11.3 Å². The molecule has 4 nitrogen and oxygen atoms in total. The summed E-state index contributed by atoms with van der Waals surface area (Å²) in [5.74, 6) is 5.09. The predicted octanol–water partition coefficient (Wildman–Crippen LogP) is 2.22. The van der Waals surface area contributed by atoms with Crippen LogP contribution in [0.2, 0.25) is 4.34 Å². The van der Waals surface area contributed by atoms with E-state index in [1.54, 1.807) is 30.3 Å². The van der Waals surface area contributed by atoms with Gasteiger partial charge in [0.05, 0.1) is 9.23 Å². The highest BCUT2D eigenvalue weighted by molar-refractivity contribution is 7.89. The van der Waals surface area contributed by atoms with Crippen molar-refractivity contribution >= 4 is 33.0 Å². The Bertz CT molecular complexity index is 788. The third kappa shape index (κ3) is 4.30. The standard InChI is InChI=1S/C14H12ClNO3S2/c15-14-8-7-12(20-14)10-16-21(18,19)13-6-2-1-4-11(13)5-3-9-17/h1-2,4,6-8,16-17H,9-10H2. The monoisotopic (exact) mass is 341 g/mol. The average Bonchev–Trinajstić information content (AvgIpc) is 2.89. The topological polar surface area (TPSA) is 66.4 Å². The van der Waals surface area contributed by atoms with E-state index in [2.05, 4.69) is 16.6 Å². The molecule has 1 aromatic heterocycles. The van der Waals surface area contributed by atoms with Crippen LogP contribution in [0.1, 0.15) is 10.4 Å². The molecule has 1 heterocycles. The molecule has 110 valence electrons. The molecule has 1 aromatic carbocycles. The summed E-state index contributed by atoms with van der Waals surface area (Å²) in [6, 6.07) is 9.88. The highest BCUT2D eigenvalue weighted by Gasteiger charge is 2.17. The Morgan fingerprint density at radius 1 is 1.24 bits per heavy atom. The van der Waals surface area contributed by atoms with Crippen LogP contribution in [0.3, 0.4) is 0 Å². The van der Waals surface area contributed by atoms with Crippen LogP contribution in [-0.4, -0.2) is 20.1 Å². The second-order valence-electron chi connectivity index (χ2n) is 3.99. The number of benzene rings is 1. The van der Waals surface area contributed by atoms with Gasteiger partial charge in [0.25, 0.3) is 0 Å². The predicted molar refractivity (Wildman–Crippen MR) is 83.8 cm³/mol. The molecule has 0 atom stereocenters. The fourth-order valence-corrected chi connectivity index (χ4v) is 3.92. The maximum Gasteiger partial charge on any atom is 0.242 e. The van der Waals surface area contributed by atoms with E-state index in [4.69, 9.17) is 16.7 Å². The first-order valence-electron chi connectivity index (χ1n) is 5.95. The molecule has 0 radical (unpaired) electrons. The first-order chi connectivity index (χ1) is 10.0. The molecule has 0 spiro atoms. The van der Waals surface area contributed by atoms with Crippen molar-refractivity contribution in [3.05, 3.63) is 51.2 Å². The lowest BCUT2D eigenvalue weighted by atomic mass is 10.2. The van der Waals surface area contributed by atoms with E-state index in [9.17, 15) is 8.42 Å². The minimum atomic E-state index is -3.68. The van der Waals surface area contributed by atoms with Crippen molar-refractivity contribution < 1.29 is 13.5 Å². The van der Waals surface area contributed by atoms with Gasteiger partial charge in [0, 0.05) is 17.0 Å². The molecule has 0 aliphatic heterocycles. The Morgan fingerprint density at radius 2 is 2.00 bits per heavy atom. The first-order valence-corrected chi connectivity index (χ1v) is 8.63. The van der Waals surface area contributed by atoms with Crippen LogP contribution in [0.5, 0.6) is 0 Å². The van der Waals surface area contributed by atoms with Gasteiger partial charge in [0.15, 0.2) is 0 Å². The smallest absolute Gasteiger partial charge is 0.242 e. The maximum atomic E-state index is 12.3. The van der Waals surface area contributed by atoms with Crippen LogP contribution < -0.4 is 4.72 Å². The van der Waals surface area contributed by atoms with Crippen molar-refractivity contribution in [2.75, 3.05) is 6.61 Å². The van der Waals surface area contributed by atoms with Crippen LogP contribution in [0.4, 0.5) is 0 Å². The molecule has 7 heteroatoms. The van der Waals surface area contributed by atoms with E-state index < -0.39 is 10.0 Å². The van der Waals surface area contributed by atoms with Gasteiger partial charge in [-0.1, -0.05) is 35.6 Å². The number of rotatable bonds is 4. The molecule has 2 rings (SSSR count). The second kappa shape index (κ2) is 7.07. The number of halogens is 1. The van der Waals surface area contributed by atoms with Gasteiger partial charge in [-0.2, -0.15) is 0 Å². The fourth-order valence-electron chi connectivity index (χ4n) is 1.63. The van der Waals surface area contributed by atoms with Crippen molar-refractivity contribution in [2.24, 2.45) is 0 Å². The van der Waals surface area contributed by atoms with Gasteiger partial charge in [-0.3, -0.25) is 0 Å². The molecular formula is C14H12ClNO3S2. The van der Waals surface area contributed by atoms with E-state index in [1.165, 1.54) is 17.4 Å². The Hall–Kier alpha value is -1.36. The Kier molecular flexibility index (Phi) is 5.39. The summed E-state index contributed by atoms with van der Waals surface area (Å²) in [5, 5.41) is 8.73. The minimum Gasteiger partial charge on any atom is -0.384 e. The summed E-state index contributed by atoms with van der Waals surface area (Å²) in [7, 11) is -3.68. The number of aliphatic hydroxyl groups excluding tert-OH is 1. The summed E-state index contributed by atoms with van der Waals surface area (Å²) in [6.07, 6.45) is 0. The lowest BCUT2D eigenvalue weighted by molar-refractivity contribution is 0.350. The molecule has 0 bridgehead atoms. The molecule has 0 saturated heterocycles. The van der Waals surface area contributed by atoms with Crippen LogP contribution in [0, 0.1) is 11.8 Å². The van der Waals surface area contributed by atoms with Crippen molar-refractivity contribution in [3.63, 3.8) is 0 Å². The summed E-state index contributed by atoms with van der Waals surface area (Å²) in [4.78, 5) is 0.913. The lowest BCUT2D eigenvalue weighted by Crippen LogP contribution is -2.23. The van der Waals surface area contributed by atoms with Gasteiger partial charge in [0.1, 0.15) is 6.61 Å². The van der Waals surface area contributed by atoms with E-state index in [0.717, 1.165) is 4.88 Å². The quantitative estimate of drug-likeness (QED) is 0.838. The van der Waals surface area contributed by atoms with Crippen molar-refractivity contribution in [3.8, 4) is 11.8 Å². The number of hydrogen-bond acceptors (Lipinski definition) is 4. The summed E-state index contributed by atoms with van der Waals surface area (Å²) >= 11 is 7.13. The molecule has 21 heavy (non-hydrogen) atoms. The van der Waals surface area contributed by atoms with Crippen molar-refractivity contribution in [2.45, 2.75) is 11.4 Å². The molecule has 0 amide bonds. The van der Waals surface area contributed by atoms with Crippen LogP contribution >= 0.6 is 22.9 Å². The maximum absolute atomic E-state index is 12.3. The van der Waals surface area contributed by atoms with Gasteiger partial charge in [0.2, 0.25) is 10.0 Å². The number of aliphatic hydroxyl groups is 1. The fraction of sp³-hybridized carbons (Fsp3) is 0.143. The average molecular weight is 342 g/mol. The summed E-state index contributed by atoms with van der Waals surface area (Å²) < 4.78 is 27.8. The van der Waals surface area contributed by atoms with Gasteiger partial charge in [-0.25, -0.2) is 13.1 Å². The van der Waals surface area contributed by atoms with Crippen molar-refractivity contribution in [1.82, 2.24) is 4.72 Å². The minimum absolute atomic E-state index is 0.0913. The highest BCUT2D eigenvalue weighted by Crippen LogP contribution is 2.22. The number of thiophene rings is 1. The van der Waals surface area contributed by atoms with E-state index >= 15 is 0 Å². The van der Waals surface area contributed by atoms with Crippen LogP contribution in [-0.2, 0) is 16.6 Å². The normalized spacial score (nSPS) is 11.0.